The van der Waals surface area contributed by atoms with E-state index in [9.17, 15) is 4.79 Å². The molecule has 0 saturated heterocycles. The number of rotatable bonds is 3. The molecule has 0 aliphatic heterocycles. The molecule has 2 aromatic heterocycles. The third-order valence-electron chi connectivity index (χ3n) is 2.55. The van der Waals surface area contributed by atoms with Crippen LogP contribution in [0.15, 0.2) is 30.6 Å². The van der Waals surface area contributed by atoms with E-state index in [0.717, 1.165) is 11.4 Å². The standard InChI is InChI=1S/C14H14N2O2/c1-9-4-11(5-10(2)16-9)14(17)12-6-13(18-3)8-15-7-12/h4-8H,1-3H3. The van der Waals surface area contributed by atoms with Crippen LogP contribution < -0.4 is 4.74 Å². The summed E-state index contributed by atoms with van der Waals surface area (Å²) in [6.45, 7) is 3.74. The van der Waals surface area contributed by atoms with E-state index < -0.39 is 0 Å². The normalized spacial score (nSPS) is 10.2. The summed E-state index contributed by atoms with van der Waals surface area (Å²) < 4.78 is 5.06. The topological polar surface area (TPSA) is 52.1 Å². The van der Waals surface area contributed by atoms with E-state index in [2.05, 4.69) is 9.97 Å². The molecule has 2 aromatic rings. The predicted octanol–water partition coefficient (Wildman–Crippen LogP) is 2.33. The third-order valence-corrected chi connectivity index (χ3v) is 2.55. The number of ether oxygens (including phenoxy) is 1. The van der Waals surface area contributed by atoms with Gasteiger partial charge >= 0.3 is 0 Å². The molecule has 0 aromatic carbocycles. The summed E-state index contributed by atoms with van der Waals surface area (Å²) in [7, 11) is 1.55. The zero-order valence-electron chi connectivity index (χ0n) is 10.6. The van der Waals surface area contributed by atoms with Crippen molar-refractivity contribution in [3.8, 4) is 5.75 Å². The Morgan fingerprint density at radius 2 is 1.72 bits per heavy atom. The molecule has 0 radical (unpaired) electrons. The number of carbonyl (C=O) groups is 1. The molecule has 0 saturated carbocycles. The molecule has 0 spiro atoms. The van der Waals surface area contributed by atoms with Crippen LogP contribution in [0.4, 0.5) is 0 Å². The average molecular weight is 242 g/mol. The predicted molar refractivity (Wildman–Crippen MR) is 67.9 cm³/mol. The van der Waals surface area contributed by atoms with Crippen molar-refractivity contribution in [2.75, 3.05) is 7.11 Å². The lowest BCUT2D eigenvalue weighted by molar-refractivity contribution is 0.103. The van der Waals surface area contributed by atoms with E-state index in [-0.39, 0.29) is 5.78 Å². The molecule has 0 aliphatic rings. The van der Waals surface area contributed by atoms with Crippen LogP contribution in [0.5, 0.6) is 5.75 Å². The van der Waals surface area contributed by atoms with Crippen molar-refractivity contribution in [2.24, 2.45) is 0 Å². The summed E-state index contributed by atoms with van der Waals surface area (Å²) in [5, 5.41) is 0. The van der Waals surface area contributed by atoms with Gasteiger partial charge in [-0.1, -0.05) is 0 Å². The van der Waals surface area contributed by atoms with Crippen LogP contribution in [0.2, 0.25) is 0 Å². The Balaban J connectivity index is 2.41. The summed E-state index contributed by atoms with van der Waals surface area (Å²) in [5.41, 5.74) is 2.79. The Hall–Kier alpha value is -2.23. The number of ketones is 1. The Labute approximate surface area is 106 Å². The second kappa shape index (κ2) is 4.96. The molecular weight excluding hydrogens is 228 g/mol. The van der Waals surface area contributed by atoms with E-state index in [4.69, 9.17) is 4.74 Å². The first-order chi connectivity index (χ1) is 8.60. The zero-order valence-corrected chi connectivity index (χ0v) is 10.6. The van der Waals surface area contributed by atoms with E-state index in [1.807, 2.05) is 13.8 Å². The van der Waals surface area contributed by atoms with Crippen LogP contribution in [-0.4, -0.2) is 22.9 Å². The second-order valence-electron chi connectivity index (χ2n) is 4.08. The lowest BCUT2D eigenvalue weighted by atomic mass is 10.0. The smallest absolute Gasteiger partial charge is 0.194 e. The molecule has 0 atom stereocenters. The minimum absolute atomic E-state index is 0.0741. The average Bonchev–Trinajstić information content (AvgIpc) is 2.37. The highest BCUT2D eigenvalue weighted by molar-refractivity contribution is 6.09. The number of methoxy groups -OCH3 is 1. The van der Waals surface area contributed by atoms with Gasteiger partial charge in [-0.05, 0) is 32.0 Å². The number of hydrogen-bond donors (Lipinski definition) is 0. The van der Waals surface area contributed by atoms with E-state index in [0.29, 0.717) is 16.9 Å². The molecule has 4 heteroatoms. The van der Waals surface area contributed by atoms with E-state index >= 15 is 0 Å². The van der Waals surface area contributed by atoms with Crippen molar-refractivity contribution in [1.82, 2.24) is 9.97 Å². The molecule has 2 rings (SSSR count). The van der Waals surface area contributed by atoms with Gasteiger partial charge in [-0.3, -0.25) is 14.8 Å². The maximum Gasteiger partial charge on any atom is 0.194 e. The summed E-state index contributed by atoms with van der Waals surface area (Å²) in [6, 6.07) is 5.23. The number of hydrogen-bond acceptors (Lipinski definition) is 4. The summed E-state index contributed by atoms with van der Waals surface area (Å²) in [5.74, 6) is 0.498. The van der Waals surface area contributed by atoms with Crippen LogP contribution in [0.25, 0.3) is 0 Å². The van der Waals surface area contributed by atoms with Crippen molar-refractivity contribution in [3.05, 3.63) is 53.1 Å². The fraction of sp³-hybridized carbons (Fsp3) is 0.214. The highest BCUT2D eigenvalue weighted by Gasteiger charge is 2.11. The monoisotopic (exact) mass is 242 g/mol. The maximum atomic E-state index is 12.3. The molecule has 92 valence electrons. The van der Waals surface area contributed by atoms with Gasteiger partial charge in [0.1, 0.15) is 5.75 Å². The Kier molecular flexibility index (Phi) is 3.37. The summed E-state index contributed by atoms with van der Waals surface area (Å²) in [6.07, 6.45) is 3.11. The lowest BCUT2D eigenvalue weighted by Gasteiger charge is -2.05. The number of carbonyl (C=O) groups excluding carboxylic acids is 1. The van der Waals surface area contributed by atoms with Crippen molar-refractivity contribution < 1.29 is 9.53 Å². The third kappa shape index (κ3) is 2.53. The van der Waals surface area contributed by atoms with Gasteiger partial charge in [-0.25, -0.2) is 0 Å². The summed E-state index contributed by atoms with van der Waals surface area (Å²) in [4.78, 5) is 20.5. The van der Waals surface area contributed by atoms with Crippen LogP contribution in [0.3, 0.4) is 0 Å². The molecule has 0 fully saturated rings. The van der Waals surface area contributed by atoms with E-state index in [1.54, 1.807) is 31.5 Å². The Bertz CT molecular complexity index is 574. The zero-order chi connectivity index (χ0) is 13.1. The number of pyridine rings is 2. The summed E-state index contributed by atoms with van der Waals surface area (Å²) >= 11 is 0. The van der Waals surface area contributed by atoms with Gasteiger partial charge in [0.2, 0.25) is 0 Å². The number of aryl methyl sites for hydroxylation is 2. The quantitative estimate of drug-likeness (QED) is 0.775. The van der Waals surface area contributed by atoms with Gasteiger partial charge in [0.25, 0.3) is 0 Å². The van der Waals surface area contributed by atoms with Crippen LogP contribution in [-0.2, 0) is 0 Å². The van der Waals surface area contributed by atoms with Crippen LogP contribution >= 0.6 is 0 Å². The molecule has 4 nitrogen and oxygen atoms in total. The number of nitrogens with zero attached hydrogens (tertiary/aromatic N) is 2. The SMILES string of the molecule is COc1cncc(C(=O)c2cc(C)nc(C)c2)c1. The second-order valence-corrected chi connectivity index (χ2v) is 4.08. The van der Waals surface area contributed by atoms with Gasteiger partial charge in [-0.15, -0.1) is 0 Å². The molecule has 0 amide bonds. The molecule has 18 heavy (non-hydrogen) atoms. The largest absolute Gasteiger partial charge is 0.495 e. The molecule has 2 heterocycles. The van der Waals surface area contributed by atoms with Crippen LogP contribution in [0.1, 0.15) is 27.3 Å². The van der Waals surface area contributed by atoms with Crippen molar-refractivity contribution in [3.63, 3.8) is 0 Å². The molecule has 0 aliphatic carbocycles. The van der Waals surface area contributed by atoms with Crippen molar-refractivity contribution >= 4 is 5.78 Å². The van der Waals surface area contributed by atoms with E-state index in [1.165, 1.54) is 6.20 Å². The minimum Gasteiger partial charge on any atom is -0.495 e. The van der Waals surface area contributed by atoms with Crippen molar-refractivity contribution in [2.45, 2.75) is 13.8 Å². The van der Waals surface area contributed by atoms with Crippen LogP contribution in [0, 0.1) is 13.8 Å². The Morgan fingerprint density at radius 1 is 1.06 bits per heavy atom. The highest BCUT2D eigenvalue weighted by Crippen LogP contribution is 2.15. The maximum absolute atomic E-state index is 12.3. The molecular formula is C14H14N2O2. The van der Waals surface area contributed by atoms with Gasteiger partial charge in [-0.2, -0.15) is 0 Å². The molecule has 0 N–H and O–H groups in total. The molecule has 0 unspecified atom stereocenters. The molecule has 0 bridgehead atoms. The van der Waals surface area contributed by atoms with Gasteiger partial charge < -0.3 is 4.74 Å². The Morgan fingerprint density at radius 3 is 2.33 bits per heavy atom. The first-order valence-electron chi connectivity index (χ1n) is 5.59. The highest BCUT2D eigenvalue weighted by atomic mass is 16.5. The van der Waals surface area contributed by atoms with Gasteiger partial charge in [0.15, 0.2) is 5.78 Å². The fourth-order valence-electron chi connectivity index (χ4n) is 1.79. The number of aromatic nitrogens is 2. The first-order valence-corrected chi connectivity index (χ1v) is 5.59. The fourth-order valence-corrected chi connectivity index (χ4v) is 1.79. The van der Waals surface area contributed by atoms with Gasteiger partial charge in [0.05, 0.1) is 13.3 Å². The first kappa shape index (κ1) is 12.2. The van der Waals surface area contributed by atoms with Gasteiger partial charge in [0, 0.05) is 28.7 Å². The minimum atomic E-state index is -0.0741. The van der Waals surface area contributed by atoms with Crippen molar-refractivity contribution in [1.29, 1.82) is 0 Å². The lowest BCUT2D eigenvalue weighted by Crippen LogP contribution is -2.04.